The fourth-order valence-corrected chi connectivity index (χ4v) is 6.19. The highest BCUT2D eigenvalue weighted by Gasteiger charge is 2.39. The molecule has 0 radical (unpaired) electrons. The molecule has 0 aliphatic carbocycles. The van der Waals surface area contributed by atoms with Gasteiger partial charge in [0.25, 0.3) is 0 Å². The van der Waals surface area contributed by atoms with Gasteiger partial charge in [-0.15, -0.1) is 0 Å². The van der Waals surface area contributed by atoms with Crippen molar-refractivity contribution in [3.05, 3.63) is 29.8 Å². The van der Waals surface area contributed by atoms with Crippen molar-refractivity contribution in [3.8, 4) is 0 Å². The van der Waals surface area contributed by atoms with Gasteiger partial charge in [-0.05, 0) is 36.5 Å². The SMILES string of the molecule is CCC(=O)OCc1ccc(NC(=O)[C@H](C)NC(=O)[C@@H](NC(=O)CCOCCOCCOCCOCCOCCOCCOCCOCCNC(=O)CCN2C(=O)CC(C(C)C)C2=O)C(C)C)cc1. The smallest absolute Gasteiger partial charge is 0.305 e. The Bertz CT molecular complexity index is 1630. The first-order chi connectivity index (χ1) is 32.7. The molecule has 386 valence electrons. The summed E-state index contributed by atoms with van der Waals surface area (Å²) < 4.78 is 49.0. The van der Waals surface area contributed by atoms with Crippen molar-refractivity contribution < 1.29 is 76.2 Å². The standard InChI is InChI=1S/C47H77N5O16/c1-7-43(56)68-33-37-8-10-38(11-9-37)50-45(57)36(6)49-46(58)44(35(4)5)51-41(54)13-16-60-18-20-62-22-24-64-26-28-66-30-31-67-29-27-65-25-23-63-21-19-61-17-14-48-40(53)12-15-52-42(55)32-39(34(2)3)47(52)59/h8-11,34-36,39,44H,7,12-33H2,1-6H3,(H,48,53)(H,49,58)(H,50,57)(H,51,54)/t36-,39?,44-/m0/s1. The third-order valence-corrected chi connectivity index (χ3v) is 10.2. The number of hydrogen-bond donors (Lipinski definition) is 4. The van der Waals surface area contributed by atoms with Crippen LogP contribution in [0.4, 0.5) is 5.69 Å². The van der Waals surface area contributed by atoms with Crippen LogP contribution in [0.3, 0.4) is 0 Å². The number of esters is 1. The first kappa shape index (κ1) is 59.5. The molecule has 21 heteroatoms. The third-order valence-electron chi connectivity index (χ3n) is 10.2. The van der Waals surface area contributed by atoms with Crippen molar-refractivity contribution in [2.24, 2.45) is 17.8 Å². The van der Waals surface area contributed by atoms with E-state index in [1.54, 1.807) is 52.0 Å². The van der Waals surface area contributed by atoms with Gasteiger partial charge in [-0.2, -0.15) is 0 Å². The van der Waals surface area contributed by atoms with Crippen LogP contribution in [-0.4, -0.2) is 177 Å². The number of rotatable bonds is 40. The lowest BCUT2D eigenvalue weighted by molar-refractivity contribution is -0.144. The summed E-state index contributed by atoms with van der Waals surface area (Å²) in [7, 11) is 0. The highest BCUT2D eigenvalue weighted by atomic mass is 16.6. The van der Waals surface area contributed by atoms with Crippen LogP contribution in [0.2, 0.25) is 0 Å². The summed E-state index contributed by atoms with van der Waals surface area (Å²) in [6.07, 6.45) is 0.612. The molecule has 0 spiro atoms. The lowest BCUT2D eigenvalue weighted by Crippen LogP contribution is -2.53. The van der Waals surface area contributed by atoms with Crippen LogP contribution in [0.5, 0.6) is 0 Å². The minimum absolute atomic E-state index is 0.0439. The fraction of sp³-hybridized carbons (Fsp3) is 0.723. The number of nitrogens with one attached hydrogen (secondary N) is 4. The molecule has 0 aromatic heterocycles. The Kier molecular flexibility index (Phi) is 31.8. The number of likely N-dealkylation sites (tertiary alicyclic amines) is 1. The molecular formula is C47H77N5O16. The van der Waals surface area contributed by atoms with Gasteiger partial charge in [-0.3, -0.25) is 38.5 Å². The van der Waals surface area contributed by atoms with E-state index in [1.165, 1.54) is 4.90 Å². The highest BCUT2D eigenvalue weighted by Crippen LogP contribution is 2.26. The Morgan fingerprint density at radius 3 is 1.56 bits per heavy atom. The molecule has 1 aromatic carbocycles. The van der Waals surface area contributed by atoms with Gasteiger partial charge in [0.15, 0.2) is 0 Å². The van der Waals surface area contributed by atoms with Gasteiger partial charge in [0, 0.05) is 50.4 Å². The summed E-state index contributed by atoms with van der Waals surface area (Å²) >= 11 is 0. The first-order valence-corrected chi connectivity index (χ1v) is 23.6. The minimum Gasteiger partial charge on any atom is -0.461 e. The van der Waals surface area contributed by atoms with Crippen molar-refractivity contribution in [2.75, 3.05) is 124 Å². The van der Waals surface area contributed by atoms with Crippen molar-refractivity contribution in [1.29, 1.82) is 0 Å². The molecule has 1 unspecified atom stereocenters. The van der Waals surface area contributed by atoms with Crippen molar-refractivity contribution in [2.45, 2.75) is 85.9 Å². The zero-order valence-electron chi connectivity index (χ0n) is 40.9. The van der Waals surface area contributed by atoms with Crippen LogP contribution in [0.25, 0.3) is 0 Å². The summed E-state index contributed by atoms with van der Waals surface area (Å²) in [6, 6.07) is 5.10. The predicted molar refractivity (Wildman–Crippen MR) is 248 cm³/mol. The number of hydrogen-bond acceptors (Lipinski definition) is 16. The van der Waals surface area contributed by atoms with Crippen LogP contribution in [0.15, 0.2) is 24.3 Å². The maximum absolute atomic E-state index is 13.0. The molecule has 1 fully saturated rings. The van der Waals surface area contributed by atoms with Gasteiger partial charge >= 0.3 is 5.97 Å². The van der Waals surface area contributed by atoms with Crippen LogP contribution < -0.4 is 21.3 Å². The second kappa shape index (κ2) is 36.4. The largest absolute Gasteiger partial charge is 0.461 e. The molecule has 1 heterocycles. The Labute approximate surface area is 401 Å². The number of imide groups is 1. The predicted octanol–water partition coefficient (Wildman–Crippen LogP) is 1.78. The van der Waals surface area contributed by atoms with E-state index in [1.807, 2.05) is 13.8 Å². The topological polar surface area (TPSA) is 254 Å². The van der Waals surface area contributed by atoms with Gasteiger partial charge in [0.05, 0.1) is 106 Å². The minimum atomic E-state index is -0.874. The monoisotopic (exact) mass is 968 g/mol. The van der Waals surface area contributed by atoms with Crippen LogP contribution in [-0.2, 0) is 82.8 Å². The number of amides is 6. The molecule has 68 heavy (non-hydrogen) atoms. The lowest BCUT2D eigenvalue weighted by atomic mass is 9.94. The molecule has 3 atom stereocenters. The van der Waals surface area contributed by atoms with E-state index in [2.05, 4.69) is 21.3 Å². The molecule has 0 bridgehead atoms. The molecule has 1 aromatic rings. The zero-order chi connectivity index (χ0) is 49.9. The van der Waals surface area contributed by atoms with Crippen molar-refractivity contribution in [3.63, 3.8) is 0 Å². The number of nitrogens with zero attached hydrogens (tertiary/aromatic N) is 1. The van der Waals surface area contributed by atoms with Crippen LogP contribution in [0, 0.1) is 17.8 Å². The van der Waals surface area contributed by atoms with Gasteiger partial charge in [-0.1, -0.05) is 46.8 Å². The van der Waals surface area contributed by atoms with Gasteiger partial charge in [0.2, 0.25) is 35.4 Å². The summed E-state index contributed by atoms with van der Waals surface area (Å²) in [5.74, 6) is -2.66. The molecule has 0 saturated carbocycles. The van der Waals surface area contributed by atoms with E-state index in [9.17, 15) is 33.6 Å². The van der Waals surface area contributed by atoms with Crippen molar-refractivity contribution in [1.82, 2.24) is 20.9 Å². The second-order valence-electron chi connectivity index (χ2n) is 16.4. The summed E-state index contributed by atoms with van der Waals surface area (Å²) in [4.78, 5) is 87.3. The lowest BCUT2D eigenvalue weighted by Gasteiger charge is -2.24. The van der Waals surface area contributed by atoms with E-state index in [0.29, 0.717) is 105 Å². The fourth-order valence-electron chi connectivity index (χ4n) is 6.19. The maximum Gasteiger partial charge on any atom is 0.305 e. The molecular weight excluding hydrogens is 891 g/mol. The second-order valence-corrected chi connectivity index (χ2v) is 16.4. The summed E-state index contributed by atoms with van der Waals surface area (Å²) in [5.41, 5.74) is 1.29. The number of anilines is 1. The van der Waals surface area contributed by atoms with E-state index >= 15 is 0 Å². The van der Waals surface area contributed by atoms with Crippen LogP contribution in [0.1, 0.15) is 72.8 Å². The molecule has 21 nitrogen and oxygen atoms in total. The van der Waals surface area contributed by atoms with E-state index < -0.39 is 23.9 Å². The normalized spacial score (nSPS) is 14.6. The molecule has 1 aliphatic rings. The Hall–Kier alpha value is -4.61. The molecule has 1 saturated heterocycles. The van der Waals surface area contributed by atoms with E-state index in [4.69, 9.17) is 42.6 Å². The zero-order valence-corrected chi connectivity index (χ0v) is 40.9. The summed E-state index contributed by atoms with van der Waals surface area (Å²) in [5, 5.41) is 10.9. The molecule has 2 rings (SSSR count). The molecule has 4 N–H and O–H groups in total. The van der Waals surface area contributed by atoms with Gasteiger partial charge < -0.3 is 63.9 Å². The van der Waals surface area contributed by atoms with E-state index in [0.717, 1.165) is 5.56 Å². The first-order valence-electron chi connectivity index (χ1n) is 23.6. The van der Waals surface area contributed by atoms with Gasteiger partial charge in [0.1, 0.15) is 18.7 Å². The molecule has 1 aliphatic heterocycles. The number of benzene rings is 1. The highest BCUT2D eigenvalue weighted by molar-refractivity contribution is 6.04. The summed E-state index contributed by atoms with van der Waals surface area (Å²) in [6.45, 7) is 17.2. The number of carbonyl (C=O) groups is 7. The average molecular weight is 968 g/mol. The van der Waals surface area contributed by atoms with E-state index in [-0.39, 0.29) is 99.4 Å². The third kappa shape index (κ3) is 26.8. The quantitative estimate of drug-likeness (QED) is 0.0416. The van der Waals surface area contributed by atoms with Crippen LogP contribution >= 0.6 is 0 Å². The Morgan fingerprint density at radius 2 is 1.10 bits per heavy atom. The van der Waals surface area contributed by atoms with Gasteiger partial charge in [-0.25, -0.2) is 0 Å². The maximum atomic E-state index is 13.0. The number of ether oxygens (including phenoxy) is 9. The van der Waals surface area contributed by atoms with Crippen molar-refractivity contribution >= 4 is 47.1 Å². The Morgan fingerprint density at radius 1 is 0.618 bits per heavy atom. The number of carbonyl (C=O) groups excluding carboxylic acids is 7. The molecule has 6 amide bonds. The Balaban J connectivity index is 1.32. The average Bonchev–Trinajstić information content (AvgIpc) is 3.60.